The Kier molecular flexibility index (Phi) is 5.90. The van der Waals surface area contributed by atoms with Crippen molar-refractivity contribution in [2.24, 2.45) is 10.9 Å². The number of pyridine rings is 1. The van der Waals surface area contributed by atoms with Gasteiger partial charge >= 0.3 is 0 Å². The van der Waals surface area contributed by atoms with Gasteiger partial charge in [0, 0.05) is 49.1 Å². The van der Waals surface area contributed by atoms with E-state index in [1.165, 1.54) is 0 Å². The summed E-state index contributed by atoms with van der Waals surface area (Å²) in [4.78, 5) is 18.3. The number of nitrogens with zero attached hydrogens (tertiary/aromatic N) is 6. The fourth-order valence-electron chi connectivity index (χ4n) is 2.02. The van der Waals surface area contributed by atoms with E-state index in [4.69, 9.17) is 4.42 Å². The molecule has 0 bridgehead atoms. The summed E-state index contributed by atoms with van der Waals surface area (Å²) in [6.07, 6.45) is 9.12. The minimum atomic E-state index is 0.193. The van der Waals surface area contributed by atoms with Gasteiger partial charge in [-0.1, -0.05) is 6.92 Å². The molecule has 3 aromatic rings. The second kappa shape index (κ2) is 8.52. The molecule has 0 aromatic carbocycles. The highest BCUT2D eigenvalue weighted by molar-refractivity contribution is 7.98. The van der Waals surface area contributed by atoms with Gasteiger partial charge in [0.25, 0.3) is 0 Å². The molecule has 0 fully saturated rings. The minimum Gasteiger partial charge on any atom is -0.421 e. The molecule has 1 unspecified atom stereocenters. The minimum absolute atomic E-state index is 0.193. The van der Waals surface area contributed by atoms with Gasteiger partial charge in [-0.05, 0) is 18.4 Å². The monoisotopic (exact) mass is 369 g/mol. The first-order chi connectivity index (χ1) is 12.6. The normalized spacial score (nSPS) is 12.4. The Bertz CT molecular complexity index is 862. The van der Waals surface area contributed by atoms with E-state index in [0.29, 0.717) is 30.1 Å². The van der Waals surface area contributed by atoms with Gasteiger partial charge < -0.3 is 9.73 Å². The molecule has 8 nitrogen and oxygen atoms in total. The van der Waals surface area contributed by atoms with Crippen LogP contribution in [0.5, 0.6) is 0 Å². The van der Waals surface area contributed by atoms with Crippen LogP contribution in [-0.4, -0.2) is 44.2 Å². The van der Waals surface area contributed by atoms with E-state index in [9.17, 15) is 0 Å². The molecule has 0 aliphatic rings. The maximum Gasteiger partial charge on any atom is 0.249 e. The number of nitrogens with one attached hydrogen (secondary N) is 1. The predicted molar refractivity (Wildman–Crippen MR) is 102 cm³/mol. The molecule has 1 N–H and O–H groups in total. The van der Waals surface area contributed by atoms with Crippen molar-refractivity contribution < 1.29 is 4.42 Å². The standard InChI is InChI=1S/C17H19N7OS/c1-11(7-20-17-21-9-14(26-3)10-22-17)6-18-15-5-4-13(8-19-15)16-24-23-12(2)25-16/h4-6,8-11H,7H2,1-3H3,(H,20,21,22). The molecule has 0 saturated heterocycles. The fraction of sp³-hybridized carbons (Fsp3) is 0.294. The largest absolute Gasteiger partial charge is 0.421 e. The maximum absolute atomic E-state index is 5.37. The molecule has 3 heterocycles. The third kappa shape index (κ3) is 4.85. The van der Waals surface area contributed by atoms with Crippen molar-refractivity contribution in [2.45, 2.75) is 18.7 Å². The van der Waals surface area contributed by atoms with Crippen LogP contribution in [0, 0.1) is 12.8 Å². The maximum atomic E-state index is 5.37. The Balaban J connectivity index is 1.53. The van der Waals surface area contributed by atoms with Crippen molar-refractivity contribution in [3.8, 4) is 11.5 Å². The molecule has 0 radical (unpaired) electrons. The van der Waals surface area contributed by atoms with Crippen LogP contribution in [0.2, 0.25) is 0 Å². The molecule has 0 saturated carbocycles. The zero-order chi connectivity index (χ0) is 18.4. The van der Waals surface area contributed by atoms with Crippen LogP contribution in [0.15, 0.2) is 45.0 Å². The van der Waals surface area contributed by atoms with Crippen LogP contribution in [-0.2, 0) is 0 Å². The Morgan fingerprint density at radius 1 is 1.19 bits per heavy atom. The molecule has 9 heteroatoms. The van der Waals surface area contributed by atoms with Crippen LogP contribution in [0.25, 0.3) is 11.5 Å². The third-order valence-corrected chi connectivity index (χ3v) is 4.11. The molecule has 0 amide bonds. The molecule has 26 heavy (non-hydrogen) atoms. The number of aryl methyl sites for hydroxylation is 1. The van der Waals surface area contributed by atoms with E-state index in [2.05, 4.69) is 42.4 Å². The number of hydrogen-bond acceptors (Lipinski definition) is 9. The second-order valence-corrected chi connectivity index (χ2v) is 6.49. The SMILES string of the molecule is CSc1cnc(NCC(C)C=Nc2ccc(-c3nnc(C)o3)cn2)nc1. The summed E-state index contributed by atoms with van der Waals surface area (Å²) in [5.74, 6) is 2.41. The highest BCUT2D eigenvalue weighted by atomic mass is 32.2. The number of aromatic nitrogens is 5. The summed E-state index contributed by atoms with van der Waals surface area (Å²) in [5, 5.41) is 11.0. The summed E-state index contributed by atoms with van der Waals surface area (Å²) in [5.41, 5.74) is 0.769. The van der Waals surface area contributed by atoms with Gasteiger partial charge in [-0.3, -0.25) is 0 Å². The first kappa shape index (κ1) is 18.0. The number of rotatable bonds is 7. The Morgan fingerprint density at radius 2 is 2.00 bits per heavy atom. The van der Waals surface area contributed by atoms with Crippen LogP contribution < -0.4 is 5.32 Å². The molecule has 3 aromatic heterocycles. The van der Waals surface area contributed by atoms with Crippen molar-refractivity contribution >= 4 is 29.7 Å². The average Bonchev–Trinajstić information content (AvgIpc) is 3.12. The van der Waals surface area contributed by atoms with E-state index >= 15 is 0 Å². The number of hydrogen-bond donors (Lipinski definition) is 1. The zero-order valence-corrected chi connectivity index (χ0v) is 15.6. The molecule has 3 rings (SSSR count). The lowest BCUT2D eigenvalue weighted by Gasteiger charge is -2.08. The quantitative estimate of drug-likeness (QED) is 0.499. The molecular weight excluding hydrogens is 350 g/mol. The summed E-state index contributed by atoms with van der Waals surface area (Å²) in [6, 6.07) is 3.67. The average molecular weight is 369 g/mol. The van der Waals surface area contributed by atoms with E-state index < -0.39 is 0 Å². The second-order valence-electron chi connectivity index (χ2n) is 5.61. The lowest BCUT2D eigenvalue weighted by molar-refractivity contribution is 0.532. The van der Waals surface area contributed by atoms with Crippen LogP contribution in [0.3, 0.4) is 0 Å². The Morgan fingerprint density at radius 3 is 2.62 bits per heavy atom. The molecule has 1 atom stereocenters. The van der Waals surface area contributed by atoms with E-state index in [-0.39, 0.29) is 5.92 Å². The highest BCUT2D eigenvalue weighted by Gasteiger charge is 2.06. The first-order valence-electron chi connectivity index (χ1n) is 8.04. The topological polar surface area (TPSA) is 102 Å². The molecule has 0 aliphatic carbocycles. The van der Waals surface area contributed by atoms with Gasteiger partial charge in [0.2, 0.25) is 17.7 Å². The third-order valence-electron chi connectivity index (χ3n) is 3.43. The summed E-state index contributed by atoms with van der Waals surface area (Å²) in [7, 11) is 0. The Labute approximate surface area is 155 Å². The smallest absolute Gasteiger partial charge is 0.249 e. The van der Waals surface area contributed by atoms with Crippen LogP contribution in [0.1, 0.15) is 12.8 Å². The van der Waals surface area contributed by atoms with Crippen molar-refractivity contribution in [3.05, 3.63) is 36.6 Å². The number of aliphatic imine (C=N–C) groups is 1. The van der Waals surface area contributed by atoms with Gasteiger partial charge in [0.15, 0.2) is 5.82 Å². The molecular formula is C17H19N7OS. The van der Waals surface area contributed by atoms with Crippen molar-refractivity contribution in [1.29, 1.82) is 0 Å². The van der Waals surface area contributed by atoms with Gasteiger partial charge in [0.05, 0.1) is 5.56 Å². The lowest BCUT2D eigenvalue weighted by atomic mass is 10.2. The molecule has 134 valence electrons. The first-order valence-corrected chi connectivity index (χ1v) is 9.27. The van der Waals surface area contributed by atoms with Gasteiger partial charge in [-0.15, -0.1) is 22.0 Å². The van der Waals surface area contributed by atoms with Crippen molar-refractivity contribution in [3.63, 3.8) is 0 Å². The van der Waals surface area contributed by atoms with Crippen LogP contribution >= 0.6 is 11.8 Å². The van der Waals surface area contributed by atoms with Crippen molar-refractivity contribution in [2.75, 3.05) is 18.1 Å². The molecule has 0 aliphatic heterocycles. The van der Waals surface area contributed by atoms with Crippen molar-refractivity contribution in [1.82, 2.24) is 25.1 Å². The Hall–Kier alpha value is -2.81. The summed E-state index contributed by atoms with van der Waals surface area (Å²) < 4.78 is 5.37. The van der Waals surface area contributed by atoms with Gasteiger partial charge in [-0.2, -0.15) is 0 Å². The van der Waals surface area contributed by atoms with Crippen LogP contribution in [0.4, 0.5) is 11.8 Å². The molecule has 0 spiro atoms. The van der Waals surface area contributed by atoms with E-state index in [1.807, 2.05) is 24.6 Å². The fourth-order valence-corrected chi connectivity index (χ4v) is 2.34. The van der Waals surface area contributed by atoms with Gasteiger partial charge in [0.1, 0.15) is 0 Å². The highest BCUT2D eigenvalue weighted by Crippen LogP contribution is 2.19. The van der Waals surface area contributed by atoms with E-state index in [1.54, 1.807) is 37.3 Å². The zero-order valence-electron chi connectivity index (χ0n) is 14.7. The lowest BCUT2D eigenvalue weighted by Crippen LogP contribution is -2.14. The summed E-state index contributed by atoms with van der Waals surface area (Å²) >= 11 is 1.61. The van der Waals surface area contributed by atoms with E-state index in [0.717, 1.165) is 10.5 Å². The predicted octanol–water partition coefficient (Wildman–Crippen LogP) is 3.40. The summed E-state index contributed by atoms with van der Waals surface area (Å²) in [6.45, 7) is 4.49. The number of anilines is 1. The number of thioether (sulfide) groups is 1. The van der Waals surface area contributed by atoms with Gasteiger partial charge in [-0.25, -0.2) is 19.9 Å².